The van der Waals surface area contributed by atoms with Crippen molar-refractivity contribution in [2.45, 2.75) is 13.0 Å². The van der Waals surface area contributed by atoms with Crippen molar-refractivity contribution in [3.05, 3.63) is 53.6 Å². The van der Waals surface area contributed by atoms with Crippen molar-refractivity contribution in [1.29, 1.82) is 0 Å². The number of halogens is 1. The van der Waals surface area contributed by atoms with Gasteiger partial charge in [0.15, 0.2) is 0 Å². The number of aromatic nitrogens is 2. The van der Waals surface area contributed by atoms with Gasteiger partial charge in [-0.25, -0.2) is 4.39 Å². The van der Waals surface area contributed by atoms with Crippen LogP contribution in [0, 0.1) is 5.82 Å². The van der Waals surface area contributed by atoms with E-state index in [1.807, 2.05) is 6.92 Å². The third-order valence-electron chi connectivity index (χ3n) is 2.46. The number of aromatic amines is 1. The summed E-state index contributed by atoms with van der Waals surface area (Å²) in [5.41, 5.74) is 1.25. The van der Waals surface area contributed by atoms with Gasteiger partial charge in [-0.05, 0) is 30.7 Å². The molecule has 1 atom stereocenters. The smallest absolute Gasteiger partial charge is 0.269 e. The molecule has 1 aromatic heterocycles. The zero-order valence-electron chi connectivity index (χ0n) is 9.27. The molecule has 0 aliphatic rings. The zero-order chi connectivity index (χ0) is 12.3. The minimum atomic E-state index is -0.291. The summed E-state index contributed by atoms with van der Waals surface area (Å²) >= 11 is 0. The van der Waals surface area contributed by atoms with Gasteiger partial charge in [0.05, 0.1) is 6.04 Å². The first-order valence-corrected chi connectivity index (χ1v) is 5.22. The number of nitrogens with zero attached hydrogens (tertiary/aromatic N) is 1. The fourth-order valence-electron chi connectivity index (χ4n) is 1.49. The van der Waals surface area contributed by atoms with Crippen molar-refractivity contribution in [2.24, 2.45) is 0 Å². The summed E-state index contributed by atoms with van der Waals surface area (Å²) in [5, 5.41) is 9.07. The first-order chi connectivity index (χ1) is 8.16. The van der Waals surface area contributed by atoms with Crippen LogP contribution in [-0.2, 0) is 0 Å². The highest BCUT2D eigenvalue weighted by Gasteiger charge is 2.11. The quantitative estimate of drug-likeness (QED) is 0.852. The molecule has 4 nitrogen and oxygen atoms in total. The number of benzene rings is 1. The van der Waals surface area contributed by atoms with Crippen LogP contribution >= 0.6 is 0 Å². The van der Waals surface area contributed by atoms with E-state index in [1.165, 1.54) is 18.3 Å². The lowest BCUT2D eigenvalue weighted by molar-refractivity contribution is 0.0935. The van der Waals surface area contributed by atoms with Crippen LogP contribution in [0.1, 0.15) is 29.0 Å². The lowest BCUT2D eigenvalue weighted by atomic mass is 10.1. The highest BCUT2D eigenvalue weighted by molar-refractivity contribution is 5.92. The molecule has 0 saturated heterocycles. The van der Waals surface area contributed by atoms with Gasteiger partial charge < -0.3 is 5.32 Å². The van der Waals surface area contributed by atoms with Gasteiger partial charge in [-0.15, -0.1) is 0 Å². The molecule has 0 aliphatic carbocycles. The molecule has 1 heterocycles. The lowest BCUT2D eigenvalue weighted by Crippen LogP contribution is -2.26. The summed E-state index contributed by atoms with van der Waals surface area (Å²) in [5.74, 6) is -0.528. The molecule has 0 aliphatic heterocycles. The summed E-state index contributed by atoms with van der Waals surface area (Å²) in [6, 6.07) is 7.43. The molecule has 0 bridgehead atoms. The Morgan fingerprint density at radius 3 is 2.65 bits per heavy atom. The minimum absolute atomic E-state index is 0.189. The number of hydrogen-bond donors (Lipinski definition) is 2. The van der Waals surface area contributed by atoms with Crippen LogP contribution in [0.2, 0.25) is 0 Å². The number of carbonyl (C=O) groups is 1. The molecular formula is C12H12FN3O. The average Bonchev–Trinajstić information content (AvgIpc) is 2.83. The van der Waals surface area contributed by atoms with Crippen LogP contribution in [0.4, 0.5) is 4.39 Å². The molecule has 17 heavy (non-hydrogen) atoms. The maximum Gasteiger partial charge on any atom is 0.269 e. The van der Waals surface area contributed by atoms with Crippen LogP contribution in [0.15, 0.2) is 36.5 Å². The number of H-pyrrole nitrogens is 1. The molecule has 1 unspecified atom stereocenters. The molecule has 1 aromatic carbocycles. The number of hydrogen-bond acceptors (Lipinski definition) is 2. The van der Waals surface area contributed by atoms with Crippen molar-refractivity contribution < 1.29 is 9.18 Å². The predicted molar refractivity (Wildman–Crippen MR) is 60.9 cm³/mol. The Balaban J connectivity index is 2.04. The van der Waals surface area contributed by atoms with E-state index in [9.17, 15) is 9.18 Å². The third kappa shape index (κ3) is 2.69. The van der Waals surface area contributed by atoms with Gasteiger partial charge in [0.1, 0.15) is 11.5 Å². The Bertz CT molecular complexity index is 493. The first kappa shape index (κ1) is 11.3. The summed E-state index contributed by atoms with van der Waals surface area (Å²) in [6.07, 6.45) is 1.51. The van der Waals surface area contributed by atoms with E-state index in [-0.39, 0.29) is 17.8 Å². The zero-order valence-corrected chi connectivity index (χ0v) is 9.27. The van der Waals surface area contributed by atoms with Crippen molar-refractivity contribution in [3.8, 4) is 0 Å². The first-order valence-electron chi connectivity index (χ1n) is 5.22. The Labute approximate surface area is 97.9 Å². The van der Waals surface area contributed by atoms with Crippen molar-refractivity contribution in [3.63, 3.8) is 0 Å². The van der Waals surface area contributed by atoms with E-state index < -0.39 is 0 Å². The van der Waals surface area contributed by atoms with Gasteiger partial charge >= 0.3 is 0 Å². The summed E-state index contributed by atoms with van der Waals surface area (Å²) in [7, 11) is 0. The van der Waals surface area contributed by atoms with Crippen LogP contribution < -0.4 is 5.32 Å². The SMILES string of the molecule is CC(NC(=O)c1ccn[nH]1)c1ccc(F)cc1. The second-order valence-corrected chi connectivity index (χ2v) is 3.72. The average molecular weight is 233 g/mol. The Kier molecular flexibility index (Phi) is 3.18. The normalized spacial score (nSPS) is 12.1. The van der Waals surface area contributed by atoms with Gasteiger partial charge in [0, 0.05) is 6.20 Å². The molecule has 2 N–H and O–H groups in total. The van der Waals surface area contributed by atoms with E-state index >= 15 is 0 Å². The summed E-state index contributed by atoms with van der Waals surface area (Å²) < 4.78 is 12.7. The fourth-order valence-corrected chi connectivity index (χ4v) is 1.49. The predicted octanol–water partition coefficient (Wildman–Crippen LogP) is 2.04. The largest absolute Gasteiger partial charge is 0.344 e. The van der Waals surface area contributed by atoms with Crippen LogP contribution in [0.25, 0.3) is 0 Å². The molecule has 0 saturated carbocycles. The Hall–Kier alpha value is -2.17. The molecular weight excluding hydrogens is 221 g/mol. The van der Waals surface area contributed by atoms with E-state index in [4.69, 9.17) is 0 Å². The fraction of sp³-hybridized carbons (Fsp3) is 0.167. The molecule has 1 amide bonds. The summed E-state index contributed by atoms with van der Waals surface area (Å²) in [6.45, 7) is 1.83. The molecule has 5 heteroatoms. The molecule has 2 rings (SSSR count). The summed E-state index contributed by atoms with van der Waals surface area (Å²) in [4.78, 5) is 11.7. The minimum Gasteiger partial charge on any atom is -0.344 e. The monoisotopic (exact) mass is 233 g/mol. The van der Waals surface area contributed by atoms with Crippen LogP contribution in [0.5, 0.6) is 0 Å². The number of amides is 1. The van der Waals surface area contributed by atoms with Crippen LogP contribution in [-0.4, -0.2) is 16.1 Å². The number of rotatable bonds is 3. The van der Waals surface area contributed by atoms with Crippen LogP contribution in [0.3, 0.4) is 0 Å². The molecule has 0 spiro atoms. The highest BCUT2D eigenvalue weighted by atomic mass is 19.1. The standard InChI is InChI=1S/C12H12FN3O/c1-8(9-2-4-10(13)5-3-9)15-12(17)11-6-7-14-16-11/h2-8H,1H3,(H,14,16)(H,15,17). The highest BCUT2D eigenvalue weighted by Crippen LogP contribution is 2.13. The second-order valence-electron chi connectivity index (χ2n) is 3.72. The Morgan fingerprint density at radius 2 is 2.06 bits per heavy atom. The maximum absolute atomic E-state index is 12.7. The topological polar surface area (TPSA) is 57.8 Å². The van der Waals surface area contributed by atoms with E-state index in [0.717, 1.165) is 5.56 Å². The van der Waals surface area contributed by atoms with Crippen molar-refractivity contribution in [2.75, 3.05) is 0 Å². The van der Waals surface area contributed by atoms with Crippen molar-refractivity contribution in [1.82, 2.24) is 15.5 Å². The Morgan fingerprint density at radius 1 is 1.35 bits per heavy atom. The van der Waals surface area contributed by atoms with E-state index in [0.29, 0.717) is 5.69 Å². The molecule has 0 radical (unpaired) electrons. The van der Waals surface area contributed by atoms with Gasteiger partial charge in [0.2, 0.25) is 0 Å². The van der Waals surface area contributed by atoms with Crippen molar-refractivity contribution >= 4 is 5.91 Å². The third-order valence-corrected chi connectivity index (χ3v) is 2.46. The second kappa shape index (κ2) is 4.78. The van der Waals surface area contributed by atoms with E-state index in [1.54, 1.807) is 18.2 Å². The molecule has 2 aromatic rings. The van der Waals surface area contributed by atoms with Gasteiger partial charge in [-0.3, -0.25) is 9.89 Å². The molecule has 0 fully saturated rings. The van der Waals surface area contributed by atoms with E-state index in [2.05, 4.69) is 15.5 Å². The maximum atomic E-state index is 12.7. The van der Waals surface area contributed by atoms with Gasteiger partial charge in [-0.2, -0.15) is 5.10 Å². The number of nitrogens with one attached hydrogen (secondary N) is 2. The van der Waals surface area contributed by atoms with Gasteiger partial charge in [0.25, 0.3) is 5.91 Å². The molecule has 88 valence electrons. The number of carbonyl (C=O) groups excluding carboxylic acids is 1. The lowest BCUT2D eigenvalue weighted by Gasteiger charge is -2.13. The van der Waals surface area contributed by atoms with Gasteiger partial charge in [-0.1, -0.05) is 12.1 Å².